The van der Waals surface area contributed by atoms with Gasteiger partial charge in [-0.05, 0) is 70.2 Å². The van der Waals surface area contributed by atoms with Gasteiger partial charge in [-0.2, -0.15) is 0 Å². The Morgan fingerprint density at radius 1 is 1.26 bits per heavy atom. The molecule has 2 aromatic heterocycles. The number of aliphatic hydroxyl groups is 1. The van der Waals surface area contributed by atoms with Crippen LogP contribution in [-0.4, -0.2) is 48.9 Å². The number of amides is 1. The van der Waals surface area contributed by atoms with Crippen molar-refractivity contribution in [3.05, 3.63) is 51.9 Å². The number of carbonyl (C=O) groups is 1. The lowest BCUT2D eigenvalue weighted by atomic mass is 9.98. The van der Waals surface area contributed by atoms with Gasteiger partial charge in [0.15, 0.2) is 0 Å². The maximum Gasteiger partial charge on any atom is 0.410 e. The third-order valence-electron chi connectivity index (χ3n) is 6.23. The third kappa shape index (κ3) is 5.01. The molecule has 3 aromatic rings. The van der Waals surface area contributed by atoms with E-state index in [4.69, 9.17) is 9.72 Å². The van der Waals surface area contributed by atoms with Crippen molar-refractivity contribution >= 4 is 17.1 Å². The molecule has 34 heavy (non-hydrogen) atoms. The number of imidazole rings is 1. The Morgan fingerprint density at radius 3 is 2.71 bits per heavy atom. The summed E-state index contributed by atoms with van der Waals surface area (Å²) in [5.41, 5.74) is 3.53. The number of carbonyl (C=O) groups excluding carboxylic acids is 1. The summed E-state index contributed by atoms with van der Waals surface area (Å²) >= 11 is 0. The molecule has 0 saturated carbocycles. The Bertz CT molecular complexity index is 1240. The molecule has 1 aromatic carbocycles. The molecule has 1 fully saturated rings. The van der Waals surface area contributed by atoms with Gasteiger partial charge in [0.05, 0.1) is 17.6 Å². The lowest BCUT2D eigenvalue weighted by molar-refractivity contribution is 0.0158. The second kappa shape index (κ2) is 9.25. The van der Waals surface area contributed by atoms with Crippen molar-refractivity contribution in [2.24, 2.45) is 13.0 Å². The molecule has 0 aliphatic carbocycles. The van der Waals surface area contributed by atoms with Gasteiger partial charge in [0, 0.05) is 44.0 Å². The maximum absolute atomic E-state index is 12.7. The summed E-state index contributed by atoms with van der Waals surface area (Å²) in [5, 5.41) is 9.59. The number of rotatable bonds is 4. The largest absolute Gasteiger partial charge is 0.444 e. The van der Waals surface area contributed by atoms with E-state index in [2.05, 4.69) is 4.57 Å². The zero-order valence-electron chi connectivity index (χ0n) is 20.7. The molecule has 182 valence electrons. The molecule has 0 bridgehead atoms. The van der Waals surface area contributed by atoms with E-state index in [1.165, 1.54) is 0 Å². The number of aryl methyl sites for hydroxylation is 2. The van der Waals surface area contributed by atoms with Gasteiger partial charge < -0.3 is 23.9 Å². The number of piperidine rings is 1. The SMILES string of the molecule is Cc1cc(-c2nc3cc(CO)ccc3n2C[C@@H]2CCCN(C(=O)OC(C)(C)C)C2)cn(C)c1=O. The van der Waals surface area contributed by atoms with Gasteiger partial charge in [-0.1, -0.05) is 6.07 Å². The number of aliphatic hydroxyl groups excluding tert-OH is 1. The average Bonchev–Trinajstić information content (AvgIpc) is 3.13. The highest BCUT2D eigenvalue weighted by atomic mass is 16.6. The molecule has 8 nitrogen and oxygen atoms in total. The number of aromatic nitrogens is 3. The van der Waals surface area contributed by atoms with E-state index < -0.39 is 5.60 Å². The van der Waals surface area contributed by atoms with Crippen molar-refractivity contribution in [3.63, 3.8) is 0 Å². The number of benzene rings is 1. The normalized spacial score (nSPS) is 16.8. The van der Waals surface area contributed by atoms with Crippen LogP contribution >= 0.6 is 0 Å². The Balaban J connectivity index is 1.70. The van der Waals surface area contributed by atoms with Crippen molar-refractivity contribution in [1.82, 2.24) is 19.0 Å². The van der Waals surface area contributed by atoms with Gasteiger partial charge in [0.1, 0.15) is 11.4 Å². The highest BCUT2D eigenvalue weighted by Gasteiger charge is 2.29. The van der Waals surface area contributed by atoms with Crippen LogP contribution in [0.15, 0.2) is 35.3 Å². The number of hydrogen-bond donors (Lipinski definition) is 1. The van der Waals surface area contributed by atoms with Gasteiger partial charge in [-0.15, -0.1) is 0 Å². The smallest absolute Gasteiger partial charge is 0.410 e. The summed E-state index contributed by atoms with van der Waals surface area (Å²) in [6.07, 6.45) is 3.46. The van der Waals surface area contributed by atoms with E-state index in [1.807, 2.05) is 58.2 Å². The van der Waals surface area contributed by atoms with Crippen molar-refractivity contribution < 1.29 is 14.6 Å². The monoisotopic (exact) mass is 466 g/mol. The van der Waals surface area contributed by atoms with Crippen molar-refractivity contribution in [2.45, 2.75) is 59.3 Å². The summed E-state index contributed by atoms with van der Waals surface area (Å²) in [6.45, 7) is 9.40. The first kappa shape index (κ1) is 24.0. The molecule has 1 atom stereocenters. The summed E-state index contributed by atoms with van der Waals surface area (Å²) in [6, 6.07) is 7.67. The van der Waals surface area contributed by atoms with Crippen LogP contribution in [0.4, 0.5) is 4.79 Å². The van der Waals surface area contributed by atoms with Crippen molar-refractivity contribution in [2.75, 3.05) is 13.1 Å². The zero-order valence-corrected chi connectivity index (χ0v) is 20.7. The number of likely N-dealkylation sites (tertiary alicyclic amines) is 1. The Labute approximate surface area is 199 Å². The molecule has 0 radical (unpaired) electrons. The minimum atomic E-state index is -0.525. The van der Waals surface area contributed by atoms with E-state index in [0.29, 0.717) is 25.2 Å². The van der Waals surface area contributed by atoms with E-state index in [9.17, 15) is 14.7 Å². The molecule has 8 heteroatoms. The van der Waals surface area contributed by atoms with Gasteiger partial charge in [0.2, 0.25) is 0 Å². The number of nitrogens with zero attached hydrogens (tertiary/aromatic N) is 4. The summed E-state index contributed by atoms with van der Waals surface area (Å²) in [7, 11) is 1.75. The average molecular weight is 467 g/mol. The third-order valence-corrected chi connectivity index (χ3v) is 6.23. The maximum atomic E-state index is 12.7. The van der Waals surface area contributed by atoms with E-state index in [1.54, 1.807) is 16.5 Å². The van der Waals surface area contributed by atoms with E-state index in [0.717, 1.165) is 40.8 Å². The topological polar surface area (TPSA) is 89.6 Å². The van der Waals surface area contributed by atoms with Crippen LogP contribution in [0.1, 0.15) is 44.7 Å². The summed E-state index contributed by atoms with van der Waals surface area (Å²) in [4.78, 5) is 31.6. The van der Waals surface area contributed by atoms with Crippen LogP contribution in [0.3, 0.4) is 0 Å². The van der Waals surface area contributed by atoms with Crippen LogP contribution in [0, 0.1) is 12.8 Å². The number of fused-ring (bicyclic) bond motifs is 1. The molecular formula is C26H34N4O4. The van der Waals surface area contributed by atoms with Crippen molar-refractivity contribution in [3.8, 4) is 11.4 Å². The standard InChI is InChI=1S/C26H34N4O4/c1-17-11-20(15-28(5)24(17)32)23-27-21-12-18(16-31)8-9-22(21)30(23)14-19-7-6-10-29(13-19)25(33)34-26(2,3)4/h8-9,11-12,15,19,31H,6-7,10,13-14,16H2,1-5H3/t19-/m1/s1. The number of hydrogen-bond acceptors (Lipinski definition) is 5. The first-order chi connectivity index (χ1) is 16.1. The van der Waals surface area contributed by atoms with E-state index in [-0.39, 0.29) is 24.2 Å². The van der Waals surface area contributed by atoms with Crippen LogP contribution in [0.5, 0.6) is 0 Å². The van der Waals surface area contributed by atoms with Crippen LogP contribution in [0.2, 0.25) is 0 Å². The molecule has 4 rings (SSSR count). The highest BCUT2D eigenvalue weighted by Crippen LogP contribution is 2.29. The molecule has 3 heterocycles. The second-order valence-corrected chi connectivity index (χ2v) is 10.3. The molecule has 1 aliphatic heterocycles. The lowest BCUT2D eigenvalue weighted by Gasteiger charge is -2.34. The Hall–Kier alpha value is -3.13. The quantitative estimate of drug-likeness (QED) is 0.631. The highest BCUT2D eigenvalue weighted by molar-refractivity contribution is 5.81. The second-order valence-electron chi connectivity index (χ2n) is 10.3. The van der Waals surface area contributed by atoms with Crippen LogP contribution in [-0.2, 0) is 24.9 Å². The van der Waals surface area contributed by atoms with Gasteiger partial charge in [-0.25, -0.2) is 9.78 Å². The predicted molar refractivity (Wildman–Crippen MR) is 132 cm³/mol. The minimum absolute atomic E-state index is 0.0331. The van der Waals surface area contributed by atoms with Crippen LogP contribution < -0.4 is 5.56 Å². The van der Waals surface area contributed by atoms with E-state index >= 15 is 0 Å². The molecular weight excluding hydrogens is 432 g/mol. The first-order valence-electron chi connectivity index (χ1n) is 11.8. The Morgan fingerprint density at radius 2 is 2.03 bits per heavy atom. The van der Waals surface area contributed by atoms with Crippen molar-refractivity contribution in [1.29, 1.82) is 0 Å². The minimum Gasteiger partial charge on any atom is -0.444 e. The number of pyridine rings is 1. The van der Waals surface area contributed by atoms with Gasteiger partial charge in [-0.3, -0.25) is 4.79 Å². The summed E-state index contributed by atoms with van der Waals surface area (Å²) in [5.74, 6) is 1.02. The summed E-state index contributed by atoms with van der Waals surface area (Å²) < 4.78 is 9.36. The molecule has 1 amide bonds. The molecule has 1 N–H and O–H groups in total. The molecule has 0 spiro atoms. The number of ether oxygens (including phenoxy) is 1. The first-order valence-corrected chi connectivity index (χ1v) is 11.8. The lowest BCUT2D eigenvalue weighted by Crippen LogP contribution is -2.43. The molecule has 1 aliphatic rings. The molecule has 1 saturated heterocycles. The fourth-order valence-electron chi connectivity index (χ4n) is 4.64. The van der Waals surface area contributed by atoms with Gasteiger partial charge >= 0.3 is 6.09 Å². The predicted octanol–water partition coefficient (Wildman–Crippen LogP) is 3.85. The zero-order chi connectivity index (χ0) is 24.6. The molecule has 0 unspecified atom stereocenters. The van der Waals surface area contributed by atoms with Gasteiger partial charge in [0.25, 0.3) is 5.56 Å². The van der Waals surface area contributed by atoms with Crippen LogP contribution in [0.25, 0.3) is 22.4 Å². The Kier molecular flexibility index (Phi) is 6.53. The fraction of sp³-hybridized carbons (Fsp3) is 0.500. The fourth-order valence-corrected chi connectivity index (χ4v) is 4.64.